The number of nitrogens with one attached hydrogen (secondary N) is 1. The maximum atomic E-state index is 13.0. The van der Waals surface area contributed by atoms with Crippen LogP contribution in [0, 0.1) is 13.8 Å². The van der Waals surface area contributed by atoms with Gasteiger partial charge in [-0.3, -0.25) is 9.69 Å². The third kappa shape index (κ3) is 5.52. The number of likely N-dealkylation sites (N-methyl/N-ethyl adjacent to an activating group) is 1. The van der Waals surface area contributed by atoms with Crippen LogP contribution in [-0.4, -0.2) is 67.8 Å². The first kappa shape index (κ1) is 26.4. The van der Waals surface area contributed by atoms with Gasteiger partial charge in [-0.15, -0.1) is 0 Å². The van der Waals surface area contributed by atoms with Crippen molar-refractivity contribution in [3.05, 3.63) is 52.7 Å². The molecule has 2 aromatic rings. The zero-order chi connectivity index (χ0) is 25.8. The number of nitrogens with zero attached hydrogens (tertiary/aromatic N) is 3. The average Bonchev–Trinajstić information content (AvgIpc) is 3.15. The van der Waals surface area contributed by atoms with Crippen LogP contribution in [0.3, 0.4) is 0 Å². The van der Waals surface area contributed by atoms with Crippen LogP contribution >= 0.6 is 0 Å². The molecule has 3 atom stereocenters. The minimum absolute atomic E-state index is 0.0291. The number of carbonyl (C=O) groups is 1. The zero-order valence-electron chi connectivity index (χ0n) is 22.7. The molecule has 2 aliphatic rings. The van der Waals surface area contributed by atoms with Crippen LogP contribution in [0.1, 0.15) is 72.6 Å². The van der Waals surface area contributed by atoms with Gasteiger partial charge in [-0.05, 0) is 88.3 Å². The van der Waals surface area contributed by atoms with Crippen LogP contribution in [0.5, 0.6) is 5.75 Å². The molecule has 2 saturated heterocycles. The molecular formula is C29H42N4O3. The molecule has 4 rings (SSSR count). The van der Waals surface area contributed by atoms with E-state index >= 15 is 0 Å². The Labute approximate surface area is 216 Å². The lowest BCUT2D eigenvalue weighted by Crippen LogP contribution is -2.51. The Morgan fingerprint density at radius 3 is 2.50 bits per heavy atom. The van der Waals surface area contributed by atoms with Gasteiger partial charge in [0.1, 0.15) is 11.6 Å². The summed E-state index contributed by atoms with van der Waals surface area (Å²) in [4.78, 5) is 22.2. The lowest BCUT2D eigenvalue weighted by molar-refractivity contribution is 0.0689. The number of benzene rings is 1. The third-order valence-corrected chi connectivity index (χ3v) is 8.20. The summed E-state index contributed by atoms with van der Waals surface area (Å²) in [5, 5.41) is 3.31. The quantitative estimate of drug-likeness (QED) is 0.485. The molecule has 2 aliphatic heterocycles. The SMILES string of the molecule is CCOCCN(C)c1ccc(C(=O)NC2CC3CCC(C2)N3C(C)c2ccc(OC)c(C)c2C)cn1. The lowest BCUT2D eigenvalue weighted by Gasteiger charge is -2.43. The standard InChI is InChI=1S/C29H42N4O3/c1-7-36-15-14-32(5)28-13-8-22(18-30-28)29(34)31-23-16-24-9-10-25(17-23)33(24)21(4)26-11-12-27(35-6)20(3)19(26)2/h8,11-13,18,21,23-25H,7,9-10,14-17H2,1-6H3,(H,31,34). The van der Waals surface area contributed by atoms with Crippen molar-refractivity contribution in [2.75, 3.05) is 38.8 Å². The molecule has 2 fully saturated rings. The molecule has 1 aromatic heterocycles. The highest BCUT2D eigenvalue weighted by Crippen LogP contribution is 2.43. The normalized spacial score (nSPS) is 22.3. The number of fused-ring (bicyclic) bond motifs is 2. The molecule has 0 saturated carbocycles. The summed E-state index contributed by atoms with van der Waals surface area (Å²) >= 11 is 0. The second-order valence-corrected chi connectivity index (χ2v) is 10.3. The minimum Gasteiger partial charge on any atom is -0.496 e. The first-order chi connectivity index (χ1) is 17.3. The van der Waals surface area contributed by atoms with Crippen molar-refractivity contribution in [1.29, 1.82) is 0 Å². The van der Waals surface area contributed by atoms with E-state index in [9.17, 15) is 4.79 Å². The van der Waals surface area contributed by atoms with Crippen LogP contribution < -0.4 is 15.0 Å². The summed E-state index contributed by atoms with van der Waals surface area (Å²) in [6, 6.07) is 9.63. The van der Waals surface area contributed by atoms with E-state index in [0.29, 0.717) is 36.9 Å². The topological polar surface area (TPSA) is 66.9 Å². The van der Waals surface area contributed by atoms with Gasteiger partial charge in [0.05, 0.1) is 19.3 Å². The molecule has 36 heavy (non-hydrogen) atoms. The number of hydrogen-bond donors (Lipinski definition) is 1. The molecule has 7 nitrogen and oxygen atoms in total. The Balaban J connectivity index is 1.36. The molecule has 0 aliphatic carbocycles. The molecule has 2 bridgehead atoms. The fourth-order valence-corrected chi connectivity index (χ4v) is 6.09. The van der Waals surface area contributed by atoms with E-state index in [1.165, 1.54) is 29.5 Å². The van der Waals surface area contributed by atoms with Gasteiger partial charge in [-0.2, -0.15) is 0 Å². The van der Waals surface area contributed by atoms with Gasteiger partial charge in [-0.25, -0.2) is 4.98 Å². The molecule has 1 aromatic carbocycles. The average molecular weight is 495 g/mol. The molecule has 1 N–H and O–H groups in total. The molecular weight excluding hydrogens is 452 g/mol. The molecule has 7 heteroatoms. The minimum atomic E-state index is -0.0291. The molecule has 3 unspecified atom stereocenters. The number of amides is 1. The molecule has 0 radical (unpaired) electrons. The fraction of sp³-hybridized carbons (Fsp3) is 0.586. The van der Waals surface area contributed by atoms with Crippen molar-refractivity contribution in [3.8, 4) is 5.75 Å². The lowest BCUT2D eigenvalue weighted by atomic mass is 9.91. The predicted molar refractivity (Wildman–Crippen MR) is 144 cm³/mol. The Morgan fingerprint density at radius 1 is 1.17 bits per heavy atom. The molecule has 1 amide bonds. The van der Waals surface area contributed by atoms with E-state index in [0.717, 1.165) is 31.0 Å². The fourth-order valence-electron chi connectivity index (χ4n) is 6.09. The van der Waals surface area contributed by atoms with Crippen LogP contribution in [0.25, 0.3) is 0 Å². The number of carbonyl (C=O) groups excluding carboxylic acids is 1. The summed E-state index contributed by atoms with van der Waals surface area (Å²) in [6.45, 7) is 10.8. The van der Waals surface area contributed by atoms with Gasteiger partial charge in [0, 0.05) is 50.6 Å². The van der Waals surface area contributed by atoms with E-state index in [4.69, 9.17) is 9.47 Å². The first-order valence-corrected chi connectivity index (χ1v) is 13.3. The number of piperidine rings is 1. The highest BCUT2D eigenvalue weighted by molar-refractivity contribution is 5.94. The first-order valence-electron chi connectivity index (χ1n) is 13.3. The number of aromatic nitrogens is 1. The zero-order valence-corrected chi connectivity index (χ0v) is 22.7. The molecule has 0 spiro atoms. The van der Waals surface area contributed by atoms with Crippen molar-refractivity contribution in [1.82, 2.24) is 15.2 Å². The Kier molecular flexibility index (Phi) is 8.52. The monoisotopic (exact) mass is 494 g/mol. The highest BCUT2D eigenvalue weighted by atomic mass is 16.5. The third-order valence-electron chi connectivity index (χ3n) is 8.20. The van der Waals surface area contributed by atoms with Gasteiger partial charge < -0.3 is 19.7 Å². The van der Waals surface area contributed by atoms with Crippen molar-refractivity contribution in [3.63, 3.8) is 0 Å². The van der Waals surface area contributed by atoms with Crippen molar-refractivity contribution >= 4 is 11.7 Å². The Morgan fingerprint density at radius 2 is 1.89 bits per heavy atom. The van der Waals surface area contributed by atoms with E-state index < -0.39 is 0 Å². The van der Waals surface area contributed by atoms with Crippen LogP contribution in [0.4, 0.5) is 5.82 Å². The van der Waals surface area contributed by atoms with E-state index in [1.807, 2.05) is 31.0 Å². The smallest absolute Gasteiger partial charge is 0.253 e. The van der Waals surface area contributed by atoms with Crippen LogP contribution in [-0.2, 0) is 4.74 Å². The Bertz CT molecular complexity index is 1030. The summed E-state index contributed by atoms with van der Waals surface area (Å²) in [5.74, 6) is 1.77. The maximum absolute atomic E-state index is 13.0. The summed E-state index contributed by atoms with van der Waals surface area (Å²) in [7, 11) is 3.72. The van der Waals surface area contributed by atoms with E-state index in [-0.39, 0.29) is 11.9 Å². The maximum Gasteiger partial charge on any atom is 0.253 e. The van der Waals surface area contributed by atoms with Crippen LogP contribution in [0.2, 0.25) is 0 Å². The summed E-state index contributed by atoms with van der Waals surface area (Å²) in [5.41, 5.74) is 4.53. The van der Waals surface area contributed by atoms with Gasteiger partial charge in [0.25, 0.3) is 5.91 Å². The number of ether oxygens (including phenoxy) is 2. The van der Waals surface area contributed by atoms with Gasteiger partial charge >= 0.3 is 0 Å². The number of pyridine rings is 1. The number of methoxy groups -OCH3 is 1. The second-order valence-electron chi connectivity index (χ2n) is 10.3. The van der Waals surface area contributed by atoms with E-state index in [1.54, 1.807) is 13.3 Å². The summed E-state index contributed by atoms with van der Waals surface area (Å²) in [6.07, 6.45) is 6.06. The van der Waals surface area contributed by atoms with Crippen molar-refractivity contribution < 1.29 is 14.3 Å². The van der Waals surface area contributed by atoms with Crippen LogP contribution in [0.15, 0.2) is 30.5 Å². The Hall–Kier alpha value is -2.64. The number of rotatable bonds is 10. The van der Waals surface area contributed by atoms with Gasteiger partial charge in [0.2, 0.25) is 0 Å². The second kappa shape index (κ2) is 11.6. The largest absolute Gasteiger partial charge is 0.496 e. The van der Waals surface area contributed by atoms with Crippen molar-refractivity contribution in [2.24, 2.45) is 0 Å². The predicted octanol–water partition coefficient (Wildman–Crippen LogP) is 4.67. The van der Waals surface area contributed by atoms with E-state index in [2.05, 4.69) is 48.1 Å². The van der Waals surface area contributed by atoms with Gasteiger partial charge in [-0.1, -0.05) is 6.07 Å². The molecule has 3 heterocycles. The summed E-state index contributed by atoms with van der Waals surface area (Å²) < 4.78 is 10.9. The van der Waals surface area contributed by atoms with Crippen molar-refractivity contribution in [2.45, 2.75) is 77.5 Å². The number of hydrogen-bond acceptors (Lipinski definition) is 6. The number of anilines is 1. The molecule has 196 valence electrons. The highest BCUT2D eigenvalue weighted by Gasteiger charge is 2.43. The van der Waals surface area contributed by atoms with Gasteiger partial charge in [0.15, 0.2) is 0 Å².